The number of halogens is 1. The highest BCUT2D eigenvalue weighted by atomic mass is 32.2. The molecule has 0 unspecified atom stereocenters. The van der Waals surface area contributed by atoms with Crippen molar-refractivity contribution in [2.24, 2.45) is 0 Å². The van der Waals surface area contributed by atoms with Crippen LogP contribution in [0.25, 0.3) is 0 Å². The van der Waals surface area contributed by atoms with Gasteiger partial charge in [-0.25, -0.2) is 12.8 Å². The predicted molar refractivity (Wildman–Crippen MR) is 70.4 cm³/mol. The Morgan fingerprint density at radius 1 is 1.28 bits per heavy atom. The second kappa shape index (κ2) is 3.96. The first-order valence-electron chi connectivity index (χ1n) is 5.47. The van der Waals surface area contributed by atoms with Gasteiger partial charge in [0.05, 0.1) is 17.5 Å². The third-order valence-corrected chi connectivity index (χ3v) is 6.32. The summed E-state index contributed by atoms with van der Waals surface area (Å²) in [6, 6.07) is 5.61. The third kappa shape index (κ3) is 1.91. The standard InChI is InChI=1S/C11H11FN2O2S2/c12-7-1-3-8(4-2-7)14-9-5-18(15,16)6-10(9)17-11(14)13/h1-4,9-10,13H,5-6H2/t9-,10+/m0/s1. The van der Waals surface area contributed by atoms with Gasteiger partial charge in [-0.1, -0.05) is 11.8 Å². The normalized spacial score (nSPS) is 29.6. The minimum Gasteiger partial charge on any atom is -0.316 e. The minimum absolute atomic E-state index is 0.0738. The number of thioether (sulfide) groups is 1. The molecule has 0 aromatic heterocycles. The maximum Gasteiger partial charge on any atom is 0.161 e. The Labute approximate surface area is 109 Å². The number of fused-ring (bicyclic) bond motifs is 1. The second-order valence-electron chi connectivity index (χ2n) is 4.45. The molecule has 1 aromatic carbocycles. The largest absolute Gasteiger partial charge is 0.316 e. The number of sulfone groups is 1. The second-order valence-corrected chi connectivity index (χ2v) is 7.83. The quantitative estimate of drug-likeness (QED) is 0.849. The zero-order valence-corrected chi connectivity index (χ0v) is 11.0. The van der Waals surface area contributed by atoms with Crippen LogP contribution in [-0.2, 0) is 9.84 Å². The number of hydrogen-bond donors (Lipinski definition) is 1. The Hall–Kier alpha value is -1.08. The van der Waals surface area contributed by atoms with Crippen molar-refractivity contribution >= 4 is 32.5 Å². The summed E-state index contributed by atoms with van der Waals surface area (Å²) < 4.78 is 36.1. The van der Waals surface area contributed by atoms with Gasteiger partial charge >= 0.3 is 0 Å². The molecule has 0 bridgehead atoms. The molecular formula is C11H11FN2O2S2. The van der Waals surface area contributed by atoms with Gasteiger partial charge in [0.2, 0.25) is 0 Å². The molecule has 2 fully saturated rings. The van der Waals surface area contributed by atoms with Gasteiger partial charge in [-0.15, -0.1) is 0 Å². The third-order valence-electron chi connectivity index (χ3n) is 3.19. The van der Waals surface area contributed by atoms with E-state index in [2.05, 4.69) is 0 Å². The van der Waals surface area contributed by atoms with Gasteiger partial charge in [0, 0.05) is 10.9 Å². The van der Waals surface area contributed by atoms with E-state index >= 15 is 0 Å². The zero-order chi connectivity index (χ0) is 12.9. The fraction of sp³-hybridized carbons (Fsp3) is 0.364. The predicted octanol–water partition coefficient (Wildman–Crippen LogP) is 1.48. The Morgan fingerprint density at radius 3 is 2.61 bits per heavy atom. The van der Waals surface area contributed by atoms with Crippen molar-refractivity contribution in [3.63, 3.8) is 0 Å². The minimum atomic E-state index is -3.01. The Bertz CT molecular complexity index is 600. The van der Waals surface area contributed by atoms with Crippen LogP contribution in [0.5, 0.6) is 0 Å². The molecule has 2 atom stereocenters. The Balaban J connectivity index is 1.96. The monoisotopic (exact) mass is 286 g/mol. The van der Waals surface area contributed by atoms with Gasteiger partial charge in [0.15, 0.2) is 15.0 Å². The number of anilines is 1. The number of hydrogen-bond acceptors (Lipinski definition) is 4. The first-order chi connectivity index (χ1) is 8.46. The number of amidine groups is 1. The molecule has 2 heterocycles. The summed E-state index contributed by atoms with van der Waals surface area (Å²) in [4.78, 5) is 1.69. The van der Waals surface area contributed by atoms with Gasteiger partial charge in [0.25, 0.3) is 0 Å². The first kappa shape index (κ1) is 12.0. The number of nitrogens with zero attached hydrogens (tertiary/aromatic N) is 1. The summed E-state index contributed by atoms with van der Waals surface area (Å²) in [5.41, 5.74) is 0.679. The summed E-state index contributed by atoms with van der Waals surface area (Å²) in [6.07, 6.45) is 0. The van der Waals surface area contributed by atoms with Crippen LogP contribution in [0, 0.1) is 11.2 Å². The molecule has 2 aliphatic rings. The lowest BCUT2D eigenvalue weighted by Gasteiger charge is -2.23. The molecule has 0 aliphatic carbocycles. The molecule has 4 nitrogen and oxygen atoms in total. The van der Waals surface area contributed by atoms with E-state index in [1.807, 2.05) is 0 Å². The average Bonchev–Trinajstić information content (AvgIpc) is 2.70. The number of benzene rings is 1. The first-order valence-corrected chi connectivity index (χ1v) is 8.17. The molecule has 0 spiro atoms. The van der Waals surface area contributed by atoms with Crippen LogP contribution in [-0.4, -0.2) is 36.4 Å². The fourth-order valence-corrected chi connectivity index (χ4v) is 6.20. The molecule has 96 valence electrons. The van der Waals surface area contributed by atoms with Gasteiger partial charge < -0.3 is 4.90 Å². The topological polar surface area (TPSA) is 61.2 Å². The summed E-state index contributed by atoms with van der Waals surface area (Å²) in [6.45, 7) is 0. The van der Waals surface area contributed by atoms with E-state index in [1.165, 1.54) is 23.9 Å². The highest BCUT2D eigenvalue weighted by Crippen LogP contribution is 2.40. The van der Waals surface area contributed by atoms with Crippen LogP contribution in [0.15, 0.2) is 24.3 Å². The number of rotatable bonds is 1. The van der Waals surface area contributed by atoms with Crippen LogP contribution in [0.2, 0.25) is 0 Å². The molecule has 3 rings (SSSR count). The molecule has 1 N–H and O–H groups in total. The van der Waals surface area contributed by atoms with Gasteiger partial charge in [0.1, 0.15) is 5.82 Å². The maximum atomic E-state index is 12.9. The van der Waals surface area contributed by atoms with Crippen LogP contribution in [0.3, 0.4) is 0 Å². The highest BCUT2D eigenvalue weighted by molar-refractivity contribution is 8.15. The highest BCUT2D eigenvalue weighted by Gasteiger charge is 2.48. The molecule has 0 amide bonds. The van der Waals surface area contributed by atoms with Gasteiger partial charge in [-0.2, -0.15) is 0 Å². The van der Waals surface area contributed by atoms with E-state index in [-0.39, 0.29) is 28.6 Å². The molecular weight excluding hydrogens is 275 g/mol. The van der Waals surface area contributed by atoms with E-state index < -0.39 is 9.84 Å². The molecule has 1 aromatic rings. The van der Waals surface area contributed by atoms with E-state index in [9.17, 15) is 12.8 Å². The van der Waals surface area contributed by atoms with Crippen molar-refractivity contribution in [1.29, 1.82) is 5.41 Å². The van der Waals surface area contributed by atoms with E-state index in [0.29, 0.717) is 10.9 Å². The molecule has 0 saturated carbocycles. The fourth-order valence-electron chi connectivity index (χ4n) is 2.41. The molecule has 2 aliphatic heterocycles. The summed E-state index contributed by atoms with van der Waals surface area (Å²) >= 11 is 1.28. The van der Waals surface area contributed by atoms with Crippen LogP contribution in [0.4, 0.5) is 10.1 Å². The molecule has 18 heavy (non-hydrogen) atoms. The summed E-state index contributed by atoms with van der Waals surface area (Å²) in [5, 5.41) is 8.19. The Kier molecular flexibility index (Phi) is 2.63. The smallest absolute Gasteiger partial charge is 0.161 e. The van der Waals surface area contributed by atoms with Gasteiger partial charge in [-0.3, -0.25) is 5.41 Å². The van der Waals surface area contributed by atoms with E-state index in [1.54, 1.807) is 17.0 Å². The Morgan fingerprint density at radius 2 is 1.94 bits per heavy atom. The average molecular weight is 286 g/mol. The van der Waals surface area contributed by atoms with Crippen LogP contribution >= 0.6 is 11.8 Å². The van der Waals surface area contributed by atoms with Crippen molar-refractivity contribution in [1.82, 2.24) is 0 Å². The molecule has 7 heteroatoms. The lowest BCUT2D eigenvalue weighted by molar-refractivity contribution is 0.601. The van der Waals surface area contributed by atoms with Crippen molar-refractivity contribution in [2.75, 3.05) is 16.4 Å². The van der Waals surface area contributed by atoms with Crippen molar-refractivity contribution < 1.29 is 12.8 Å². The summed E-state index contributed by atoms with van der Waals surface area (Å²) in [7, 11) is -3.01. The maximum absolute atomic E-state index is 12.9. The SMILES string of the molecule is N=C1S[C@@H]2CS(=O)(=O)C[C@@H]2N1c1ccc(F)cc1. The van der Waals surface area contributed by atoms with E-state index in [4.69, 9.17) is 5.41 Å². The number of nitrogens with one attached hydrogen (secondary N) is 1. The van der Waals surface area contributed by atoms with Crippen LogP contribution < -0.4 is 4.90 Å². The molecule has 2 saturated heterocycles. The lowest BCUT2D eigenvalue weighted by Crippen LogP contribution is -2.37. The van der Waals surface area contributed by atoms with Crippen LogP contribution in [0.1, 0.15) is 0 Å². The van der Waals surface area contributed by atoms with Crippen molar-refractivity contribution in [3.8, 4) is 0 Å². The van der Waals surface area contributed by atoms with E-state index in [0.717, 1.165) is 0 Å². The molecule has 0 radical (unpaired) electrons. The lowest BCUT2D eigenvalue weighted by atomic mass is 10.2. The van der Waals surface area contributed by atoms with Crippen molar-refractivity contribution in [3.05, 3.63) is 30.1 Å². The van der Waals surface area contributed by atoms with Gasteiger partial charge in [-0.05, 0) is 24.3 Å². The van der Waals surface area contributed by atoms with Crippen molar-refractivity contribution in [2.45, 2.75) is 11.3 Å². The zero-order valence-electron chi connectivity index (χ0n) is 9.34. The summed E-state index contributed by atoms with van der Waals surface area (Å²) in [5.74, 6) is -0.139.